The van der Waals surface area contributed by atoms with Gasteiger partial charge in [-0.05, 0) is 56.9 Å². The summed E-state index contributed by atoms with van der Waals surface area (Å²) in [6.07, 6.45) is 1.81. The lowest BCUT2D eigenvalue weighted by Gasteiger charge is -2.28. The Morgan fingerprint density at radius 2 is 2.00 bits per heavy atom. The van der Waals surface area contributed by atoms with Crippen LogP contribution >= 0.6 is 0 Å². The molecule has 10 nitrogen and oxygen atoms in total. The van der Waals surface area contributed by atoms with Gasteiger partial charge < -0.3 is 25.2 Å². The lowest BCUT2D eigenvalue weighted by molar-refractivity contribution is -0.134. The highest BCUT2D eigenvalue weighted by atomic mass is 16.6. The summed E-state index contributed by atoms with van der Waals surface area (Å²) in [4.78, 5) is 54.9. The summed E-state index contributed by atoms with van der Waals surface area (Å²) in [5, 5.41) is 15.5. The van der Waals surface area contributed by atoms with Gasteiger partial charge in [-0.25, -0.2) is 4.79 Å². The Hall–Kier alpha value is -3.61. The summed E-state index contributed by atoms with van der Waals surface area (Å²) >= 11 is 0. The van der Waals surface area contributed by atoms with Crippen molar-refractivity contribution in [3.63, 3.8) is 0 Å². The van der Waals surface area contributed by atoms with Crippen molar-refractivity contribution < 1.29 is 23.9 Å². The summed E-state index contributed by atoms with van der Waals surface area (Å²) < 4.78 is 5.36. The van der Waals surface area contributed by atoms with Crippen molar-refractivity contribution in [3.05, 3.63) is 29.3 Å². The SMILES string of the molecule is CN(C)C(=O)c1ccc2c(c1)[C@@]1(C[C@@H](C#N)N(C(=O)[C@H](CC3CC3)NC(=O)OC(C)(C)C)C1)C(=O)N2. The number of carbonyl (C=O) groups excluding carboxylic acids is 4. The highest BCUT2D eigenvalue weighted by Crippen LogP contribution is 2.47. The Balaban J connectivity index is 1.63. The van der Waals surface area contributed by atoms with E-state index in [1.807, 2.05) is 0 Å². The van der Waals surface area contributed by atoms with Gasteiger partial charge in [0.1, 0.15) is 17.7 Å². The van der Waals surface area contributed by atoms with E-state index in [0.717, 1.165) is 12.8 Å². The highest BCUT2D eigenvalue weighted by Gasteiger charge is 2.57. The average molecular weight is 496 g/mol. The first-order valence-corrected chi connectivity index (χ1v) is 12.2. The first-order valence-electron chi connectivity index (χ1n) is 12.2. The van der Waals surface area contributed by atoms with Crippen LogP contribution in [0, 0.1) is 17.2 Å². The molecule has 4 amide bonds. The number of ether oxygens (including phenoxy) is 1. The van der Waals surface area contributed by atoms with Gasteiger partial charge >= 0.3 is 6.09 Å². The zero-order chi connectivity index (χ0) is 26.4. The number of likely N-dealkylation sites (tertiary alicyclic amines) is 1. The molecule has 1 aromatic carbocycles. The highest BCUT2D eigenvalue weighted by molar-refractivity contribution is 6.08. The Morgan fingerprint density at radius 3 is 2.58 bits per heavy atom. The molecule has 2 aliphatic heterocycles. The standard InChI is InChI=1S/C26H33N5O5/c1-25(2,3)36-24(35)29-20(10-15-6-7-15)22(33)31-14-26(12-17(31)13-27)18-11-16(21(32)30(4)5)8-9-19(18)28-23(26)34/h8-9,11,15,17,20H,6-7,10,12,14H2,1-5H3,(H,28,34)(H,29,35)/t17-,20-,26-/m0/s1. The van der Waals surface area contributed by atoms with E-state index >= 15 is 0 Å². The summed E-state index contributed by atoms with van der Waals surface area (Å²) in [5.41, 5.74) is -0.273. The topological polar surface area (TPSA) is 132 Å². The van der Waals surface area contributed by atoms with Gasteiger partial charge in [0.15, 0.2) is 0 Å². The molecule has 2 N–H and O–H groups in total. The summed E-state index contributed by atoms with van der Waals surface area (Å²) in [5.74, 6) is -0.596. The van der Waals surface area contributed by atoms with Gasteiger partial charge in [0.05, 0.1) is 11.5 Å². The number of rotatable bonds is 5. The van der Waals surface area contributed by atoms with Gasteiger partial charge in [-0.3, -0.25) is 14.4 Å². The number of hydrogen-bond donors (Lipinski definition) is 2. The van der Waals surface area contributed by atoms with Gasteiger partial charge in [-0.15, -0.1) is 0 Å². The van der Waals surface area contributed by atoms with Crippen LogP contribution in [0.2, 0.25) is 0 Å². The minimum Gasteiger partial charge on any atom is -0.444 e. The molecule has 2 heterocycles. The Kier molecular flexibility index (Phi) is 6.45. The molecular weight excluding hydrogens is 462 g/mol. The number of hydrogen-bond acceptors (Lipinski definition) is 6. The molecular formula is C26H33N5O5. The number of anilines is 1. The molecule has 1 aromatic rings. The van der Waals surface area contributed by atoms with Gasteiger partial charge in [-0.2, -0.15) is 5.26 Å². The molecule has 3 atom stereocenters. The molecule has 1 spiro atoms. The summed E-state index contributed by atoms with van der Waals surface area (Å²) in [7, 11) is 3.29. The number of fused-ring (bicyclic) bond motifs is 2. The number of amides is 4. The maximum atomic E-state index is 13.7. The van der Waals surface area contributed by atoms with E-state index in [-0.39, 0.29) is 24.8 Å². The van der Waals surface area contributed by atoms with Crippen LogP contribution in [-0.4, -0.2) is 71.9 Å². The van der Waals surface area contributed by atoms with Crippen molar-refractivity contribution in [3.8, 4) is 6.07 Å². The minimum absolute atomic E-state index is 0.0142. The van der Waals surface area contributed by atoms with E-state index in [2.05, 4.69) is 16.7 Å². The summed E-state index contributed by atoms with van der Waals surface area (Å²) in [6.45, 7) is 5.21. The predicted molar refractivity (Wildman–Crippen MR) is 131 cm³/mol. The van der Waals surface area contributed by atoms with Crippen molar-refractivity contribution in [2.75, 3.05) is 26.0 Å². The molecule has 36 heavy (non-hydrogen) atoms. The third-order valence-electron chi connectivity index (χ3n) is 6.92. The van der Waals surface area contributed by atoms with Gasteiger partial charge in [0.2, 0.25) is 11.8 Å². The zero-order valence-corrected chi connectivity index (χ0v) is 21.4. The fourth-order valence-corrected chi connectivity index (χ4v) is 4.98. The van der Waals surface area contributed by atoms with Crippen molar-refractivity contribution >= 4 is 29.5 Å². The molecule has 0 radical (unpaired) electrons. The van der Waals surface area contributed by atoms with Gasteiger partial charge in [0, 0.05) is 38.3 Å². The molecule has 0 aromatic heterocycles. The first-order chi connectivity index (χ1) is 16.8. The number of benzene rings is 1. The Morgan fingerprint density at radius 1 is 1.31 bits per heavy atom. The van der Waals surface area contributed by atoms with E-state index in [4.69, 9.17) is 4.74 Å². The number of nitrogens with zero attached hydrogens (tertiary/aromatic N) is 3. The second-order valence-electron chi connectivity index (χ2n) is 11.2. The quantitative estimate of drug-likeness (QED) is 0.645. The van der Waals surface area contributed by atoms with Crippen LogP contribution in [0.15, 0.2) is 18.2 Å². The molecule has 1 saturated carbocycles. The fraction of sp³-hybridized carbons (Fsp3) is 0.577. The third kappa shape index (κ3) is 4.87. The Bertz CT molecular complexity index is 1150. The van der Waals surface area contributed by atoms with Crippen molar-refractivity contribution in [2.45, 2.75) is 69.6 Å². The lowest BCUT2D eigenvalue weighted by atomic mass is 9.79. The molecule has 1 aliphatic carbocycles. The van der Waals surface area contributed by atoms with E-state index in [0.29, 0.717) is 29.2 Å². The van der Waals surface area contributed by atoms with Crippen molar-refractivity contribution in [2.24, 2.45) is 5.92 Å². The third-order valence-corrected chi connectivity index (χ3v) is 6.92. The lowest BCUT2D eigenvalue weighted by Crippen LogP contribution is -2.51. The normalized spacial score (nSPS) is 23.5. The van der Waals surface area contributed by atoms with Crippen LogP contribution in [0.5, 0.6) is 0 Å². The minimum atomic E-state index is -1.15. The maximum absolute atomic E-state index is 13.7. The largest absolute Gasteiger partial charge is 0.444 e. The van der Waals surface area contributed by atoms with E-state index < -0.39 is 35.1 Å². The number of alkyl carbamates (subject to hydrolysis) is 1. The maximum Gasteiger partial charge on any atom is 0.408 e. The van der Waals surface area contributed by atoms with Crippen molar-refractivity contribution in [1.29, 1.82) is 5.26 Å². The van der Waals surface area contributed by atoms with E-state index in [9.17, 15) is 24.4 Å². The van der Waals surface area contributed by atoms with Crippen LogP contribution < -0.4 is 10.6 Å². The van der Waals surface area contributed by atoms with Crippen LogP contribution in [0.1, 0.15) is 62.4 Å². The van der Waals surface area contributed by atoms with Gasteiger partial charge in [0.25, 0.3) is 5.91 Å². The molecule has 3 aliphatic rings. The fourth-order valence-electron chi connectivity index (χ4n) is 4.98. The van der Waals surface area contributed by atoms with E-state index in [1.54, 1.807) is 53.1 Å². The summed E-state index contributed by atoms with van der Waals surface area (Å²) in [6, 6.07) is 5.47. The molecule has 4 rings (SSSR count). The molecule has 0 bridgehead atoms. The number of nitrogens with one attached hydrogen (secondary N) is 2. The molecule has 0 unspecified atom stereocenters. The van der Waals surface area contributed by atoms with Crippen LogP contribution in [-0.2, 0) is 19.7 Å². The zero-order valence-electron chi connectivity index (χ0n) is 21.4. The molecule has 10 heteroatoms. The molecule has 2 fully saturated rings. The second-order valence-corrected chi connectivity index (χ2v) is 11.2. The monoisotopic (exact) mass is 495 g/mol. The average Bonchev–Trinajstić information content (AvgIpc) is 3.46. The van der Waals surface area contributed by atoms with Crippen LogP contribution in [0.4, 0.5) is 10.5 Å². The van der Waals surface area contributed by atoms with E-state index in [1.165, 1.54) is 9.80 Å². The molecule has 1 saturated heterocycles. The predicted octanol–water partition coefficient (Wildman–Crippen LogP) is 2.40. The van der Waals surface area contributed by atoms with Gasteiger partial charge in [-0.1, -0.05) is 12.8 Å². The van der Waals surface area contributed by atoms with Crippen LogP contribution in [0.25, 0.3) is 0 Å². The number of nitriles is 1. The number of carbonyl (C=O) groups is 4. The van der Waals surface area contributed by atoms with Crippen LogP contribution in [0.3, 0.4) is 0 Å². The molecule has 192 valence electrons. The smallest absolute Gasteiger partial charge is 0.408 e. The second kappa shape index (κ2) is 9.12. The Labute approximate surface area is 210 Å². The first kappa shape index (κ1) is 25.5. The van der Waals surface area contributed by atoms with Crippen molar-refractivity contribution in [1.82, 2.24) is 15.1 Å².